The maximum absolute atomic E-state index is 12.5. The Morgan fingerprint density at radius 1 is 1.16 bits per heavy atom. The predicted octanol–water partition coefficient (Wildman–Crippen LogP) is 2.18. The fourth-order valence-corrected chi connectivity index (χ4v) is 4.33. The van der Waals surface area contributed by atoms with Crippen LogP contribution in [-0.4, -0.2) is 64.7 Å². The van der Waals surface area contributed by atoms with Crippen molar-refractivity contribution in [2.75, 3.05) is 32.7 Å². The SMILES string of the molecule is CCN1CC2(CCN(CCc3ccccc3O)CC2)OC2(CC2)C1=O. The number of para-hydroxylation sites is 1. The highest BCUT2D eigenvalue weighted by Crippen LogP contribution is 2.49. The van der Waals surface area contributed by atoms with Crippen molar-refractivity contribution in [1.82, 2.24) is 9.80 Å². The summed E-state index contributed by atoms with van der Waals surface area (Å²) < 4.78 is 6.43. The Kier molecular flexibility index (Phi) is 4.24. The number of likely N-dealkylation sites (N-methyl/N-ethyl adjacent to an activating group) is 1. The molecule has 2 spiro atoms. The zero-order valence-corrected chi connectivity index (χ0v) is 15.0. The number of hydrogen-bond donors (Lipinski definition) is 1. The molecule has 2 saturated heterocycles. The summed E-state index contributed by atoms with van der Waals surface area (Å²) in [6.07, 6.45) is 4.62. The number of ether oxygens (including phenoxy) is 1. The number of amides is 1. The van der Waals surface area contributed by atoms with Crippen LogP contribution in [0.25, 0.3) is 0 Å². The van der Waals surface area contributed by atoms with Gasteiger partial charge in [-0.25, -0.2) is 0 Å². The number of likely N-dealkylation sites (tertiary alicyclic amines) is 1. The third-order valence-corrected chi connectivity index (χ3v) is 6.11. The van der Waals surface area contributed by atoms with Gasteiger partial charge < -0.3 is 19.6 Å². The molecular weight excluding hydrogens is 316 g/mol. The first-order chi connectivity index (χ1) is 12.1. The summed E-state index contributed by atoms with van der Waals surface area (Å²) in [7, 11) is 0. The maximum atomic E-state index is 12.5. The van der Waals surface area contributed by atoms with Crippen LogP contribution in [0.3, 0.4) is 0 Å². The number of hydrogen-bond acceptors (Lipinski definition) is 4. The summed E-state index contributed by atoms with van der Waals surface area (Å²) in [5, 5.41) is 9.91. The molecule has 2 heterocycles. The zero-order valence-electron chi connectivity index (χ0n) is 15.0. The van der Waals surface area contributed by atoms with Crippen molar-refractivity contribution in [2.45, 2.75) is 50.2 Å². The Balaban J connectivity index is 1.35. The van der Waals surface area contributed by atoms with Gasteiger partial charge in [-0.1, -0.05) is 18.2 Å². The van der Waals surface area contributed by atoms with Gasteiger partial charge in [-0.05, 0) is 50.7 Å². The number of carbonyl (C=O) groups is 1. The Morgan fingerprint density at radius 2 is 1.88 bits per heavy atom. The molecule has 1 amide bonds. The van der Waals surface area contributed by atoms with Crippen molar-refractivity contribution in [1.29, 1.82) is 0 Å². The van der Waals surface area contributed by atoms with E-state index in [0.717, 1.165) is 70.4 Å². The van der Waals surface area contributed by atoms with Crippen LogP contribution in [0.2, 0.25) is 0 Å². The first-order valence-electron chi connectivity index (χ1n) is 9.55. The maximum Gasteiger partial charge on any atom is 0.254 e. The first kappa shape index (κ1) is 16.9. The van der Waals surface area contributed by atoms with E-state index in [1.54, 1.807) is 6.07 Å². The molecular formula is C20H28N2O3. The smallest absolute Gasteiger partial charge is 0.254 e. The van der Waals surface area contributed by atoms with Crippen LogP contribution >= 0.6 is 0 Å². The molecule has 4 rings (SSSR count). The topological polar surface area (TPSA) is 53.0 Å². The van der Waals surface area contributed by atoms with Crippen molar-refractivity contribution in [3.05, 3.63) is 29.8 Å². The van der Waals surface area contributed by atoms with Gasteiger partial charge in [0.05, 0.1) is 5.60 Å². The van der Waals surface area contributed by atoms with Gasteiger partial charge in [0.15, 0.2) is 0 Å². The molecule has 0 aromatic heterocycles. The van der Waals surface area contributed by atoms with E-state index in [1.807, 2.05) is 23.1 Å². The van der Waals surface area contributed by atoms with Crippen LogP contribution in [-0.2, 0) is 16.0 Å². The molecule has 136 valence electrons. The summed E-state index contributed by atoms with van der Waals surface area (Å²) in [4.78, 5) is 16.9. The van der Waals surface area contributed by atoms with E-state index in [-0.39, 0.29) is 11.5 Å². The van der Waals surface area contributed by atoms with E-state index in [1.165, 1.54) is 0 Å². The lowest BCUT2D eigenvalue weighted by atomic mass is 9.87. The average Bonchev–Trinajstić information content (AvgIpc) is 3.39. The Bertz CT molecular complexity index is 648. The predicted molar refractivity (Wildman–Crippen MR) is 95.5 cm³/mol. The monoisotopic (exact) mass is 344 g/mol. The van der Waals surface area contributed by atoms with E-state index in [4.69, 9.17) is 4.74 Å². The van der Waals surface area contributed by atoms with Gasteiger partial charge in [0.2, 0.25) is 0 Å². The average molecular weight is 344 g/mol. The number of aromatic hydroxyl groups is 1. The molecule has 0 radical (unpaired) electrons. The summed E-state index contributed by atoms with van der Waals surface area (Å²) in [5.74, 6) is 0.599. The van der Waals surface area contributed by atoms with E-state index < -0.39 is 5.60 Å². The number of phenols is 1. The summed E-state index contributed by atoms with van der Waals surface area (Å²) in [6.45, 7) is 6.54. The van der Waals surface area contributed by atoms with Crippen LogP contribution < -0.4 is 0 Å². The van der Waals surface area contributed by atoms with Crippen LogP contribution in [0.5, 0.6) is 5.75 Å². The van der Waals surface area contributed by atoms with Gasteiger partial charge in [0, 0.05) is 32.7 Å². The third kappa shape index (κ3) is 3.15. The molecule has 0 unspecified atom stereocenters. The quantitative estimate of drug-likeness (QED) is 0.910. The molecule has 2 aliphatic heterocycles. The summed E-state index contributed by atoms with van der Waals surface area (Å²) >= 11 is 0. The second kappa shape index (κ2) is 6.29. The third-order valence-electron chi connectivity index (χ3n) is 6.11. The molecule has 1 aromatic carbocycles. The number of carbonyl (C=O) groups excluding carboxylic acids is 1. The van der Waals surface area contributed by atoms with Crippen LogP contribution in [0, 0.1) is 0 Å². The van der Waals surface area contributed by atoms with Crippen LogP contribution in [0.15, 0.2) is 24.3 Å². The fraction of sp³-hybridized carbons (Fsp3) is 0.650. The molecule has 25 heavy (non-hydrogen) atoms. The van der Waals surface area contributed by atoms with Gasteiger partial charge >= 0.3 is 0 Å². The normalized spacial score (nSPS) is 24.8. The molecule has 0 atom stereocenters. The molecule has 1 aliphatic carbocycles. The van der Waals surface area contributed by atoms with E-state index in [0.29, 0.717) is 5.75 Å². The van der Waals surface area contributed by atoms with Crippen molar-refractivity contribution in [2.24, 2.45) is 0 Å². The van der Waals surface area contributed by atoms with Crippen molar-refractivity contribution in [3.63, 3.8) is 0 Å². The van der Waals surface area contributed by atoms with E-state index >= 15 is 0 Å². The lowest BCUT2D eigenvalue weighted by Gasteiger charge is -2.50. The second-order valence-electron chi connectivity index (χ2n) is 7.82. The minimum Gasteiger partial charge on any atom is -0.508 e. The van der Waals surface area contributed by atoms with Crippen molar-refractivity contribution < 1.29 is 14.6 Å². The minimum atomic E-state index is -0.480. The summed E-state index contributed by atoms with van der Waals surface area (Å²) in [5.41, 5.74) is 0.384. The van der Waals surface area contributed by atoms with Crippen LogP contribution in [0.1, 0.15) is 38.2 Å². The van der Waals surface area contributed by atoms with Gasteiger partial charge in [0.1, 0.15) is 11.4 Å². The van der Waals surface area contributed by atoms with E-state index in [9.17, 15) is 9.90 Å². The van der Waals surface area contributed by atoms with Crippen LogP contribution in [0.4, 0.5) is 0 Å². The zero-order chi connectivity index (χ0) is 17.5. The van der Waals surface area contributed by atoms with Gasteiger partial charge in [-0.3, -0.25) is 4.79 Å². The summed E-state index contributed by atoms with van der Waals surface area (Å²) in [6, 6.07) is 7.58. The molecule has 3 fully saturated rings. The molecule has 5 nitrogen and oxygen atoms in total. The number of piperidine rings is 1. The Labute approximate surface area is 149 Å². The van der Waals surface area contributed by atoms with Gasteiger partial charge in [0.25, 0.3) is 5.91 Å². The number of rotatable bonds is 4. The molecule has 0 bridgehead atoms. The molecule has 1 N–H and O–H groups in total. The number of benzene rings is 1. The molecule has 5 heteroatoms. The van der Waals surface area contributed by atoms with E-state index in [2.05, 4.69) is 11.8 Å². The van der Waals surface area contributed by atoms with Crippen molar-refractivity contribution >= 4 is 5.91 Å². The Hall–Kier alpha value is -1.59. The molecule has 1 saturated carbocycles. The Morgan fingerprint density at radius 3 is 2.52 bits per heavy atom. The first-order valence-corrected chi connectivity index (χ1v) is 9.55. The second-order valence-corrected chi connectivity index (χ2v) is 7.82. The lowest BCUT2D eigenvalue weighted by molar-refractivity contribution is -0.200. The van der Waals surface area contributed by atoms with Crippen molar-refractivity contribution in [3.8, 4) is 5.75 Å². The highest BCUT2D eigenvalue weighted by Gasteiger charge is 2.61. The highest BCUT2D eigenvalue weighted by atomic mass is 16.5. The number of nitrogens with zero attached hydrogens (tertiary/aromatic N) is 2. The van der Waals surface area contributed by atoms with Gasteiger partial charge in [-0.2, -0.15) is 0 Å². The van der Waals surface area contributed by atoms with Gasteiger partial charge in [-0.15, -0.1) is 0 Å². The largest absolute Gasteiger partial charge is 0.508 e. The minimum absolute atomic E-state index is 0.147. The lowest BCUT2D eigenvalue weighted by Crippen LogP contribution is -2.62. The highest BCUT2D eigenvalue weighted by molar-refractivity contribution is 5.89. The standard InChI is InChI=1S/C20H28N2O3/c1-2-22-15-19(25-20(8-9-20)18(22)24)10-13-21(14-11-19)12-7-16-5-3-4-6-17(16)23/h3-6,23H,2,7-15H2,1H3. The number of phenolic OH excluding ortho intramolecular Hbond substituents is 1. The fourth-order valence-electron chi connectivity index (χ4n) is 4.33. The molecule has 3 aliphatic rings. The number of morpholine rings is 1. The molecule has 1 aromatic rings.